The molecule has 0 aliphatic carbocycles. The molecule has 2 unspecified atom stereocenters. The molecule has 2 aliphatic rings. The summed E-state index contributed by atoms with van der Waals surface area (Å²) >= 11 is 0. The normalized spacial score (nSPS) is 20.9. The Kier molecular flexibility index (Phi) is 4.02. The second-order valence-electron chi connectivity index (χ2n) is 8.65. The van der Waals surface area contributed by atoms with Crippen LogP contribution in [0, 0.1) is 19.8 Å². The van der Waals surface area contributed by atoms with Gasteiger partial charge in [0.15, 0.2) is 0 Å². The molecule has 0 aromatic heterocycles. The van der Waals surface area contributed by atoms with Gasteiger partial charge in [0.1, 0.15) is 11.5 Å². The summed E-state index contributed by atoms with van der Waals surface area (Å²) in [6, 6.07) is 9.12. The van der Waals surface area contributed by atoms with Crippen LogP contribution >= 0.6 is 0 Å². The number of nitrogens with zero attached hydrogens (tertiary/aromatic N) is 1. The smallest absolute Gasteiger partial charge is 0.226 e. The van der Waals surface area contributed by atoms with E-state index in [0.717, 1.165) is 35.5 Å². The van der Waals surface area contributed by atoms with Gasteiger partial charge in [0.2, 0.25) is 5.91 Å². The summed E-state index contributed by atoms with van der Waals surface area (Å²) in [5.41, 5.74) is 4.88. The van der Waals surface area contributed by atoms with Crippen LogP contribution in [0.25, 0.3) is 21.5 Å². The molecule has 1 amide bonds. The van der Waals surface area contributed by atoms with Crippen molar-refractivity contribution in [1.82, 2.24) is 4.90 Å². The van der Waals surface area contributed by atoms with Crippen LogP contribution in [0.2, 0.25) is 0 Å². The number of carbonyl (C=O) groups is 1. The second-order valence-corrected chi connectivity index (χ2v) is 8.65. The van der Waals surface area contributed by atoms with E-state index in [1.54, 1.807) is 14.2 Å². The van der Waals surface area contributed by atoms with Crippen molar-refractivity contribution < 1.29 is 14.3 Å². The molecule has 2 atom stereocenters. The first kappa shape index (κ1) is 18.3. The maximum atomic E-state index is 12.8. The summed E-state index contributed by atoms with van der Waals surface area (Å²) in [6.45, 7) is 6.92. The molecule has 3 aromatic rings. The van der Waals surface area contributed by atoms with Gasteiger partial charge >= 0.3 is 0 Å². The van der Waals surface area contributed by atoms with Gasteiger partial charge in [-0.3, -0.25) is 4.79 Å². The fourth-order valence-corrected chi connectivity index (χ4v) is 5.41. The molecule has 0 N–H and O–H groups in total. The van der Waals surface area contributed by atoms with Gasteiger partial charge in [0.25, 0.3) is 0 Å². The van der Waals surface area contributed by atoms with E-state index in [2.05, 4.69) is 49.9 Å². The molecule has 29 heavy (non-hydrogen) atoms. The average Bonchev–Trinajstić information content (AvgIpc) is 2.99. The van der Waals surface area contributed by atoms with Crippen LogP contribution in [0.4, 0.5) is 0 Å². The van der Waals surface area contributed by atoms with Gasteiger partial charge in [-0.15, -0.1) is 0 Å². The second kappa shape index (κ2) is 6.38. The highest BCUT2D eigenvalue weighted by Gasteiger charge is 2.40. The van der Waals surface area contributed by atoms with Crippen LogP contribution in [0.1, 0.15) is 35.6 Å². The average molecular weight is 389 g/mol. The van der Waals surface area contributed by atoms with Gasteiger partial charge in [-0.05, 0) is 94.8 Å². The molecule has 1 fully saturated rings. The molecule has 150 valence electrons. The highest BCUT2D eigenvalue weighted by molar-refractivity contribution is 6.12. The van der Waals surface area contributed by atoms with Crippen molar-refractivity contribution in [3.8, 4) is 11.5 Å². The molecule has 5 rings (SSSR count). The number of benzene rings is 3. The van der Waals surface area contributed by atoms with E-state index in [-0.39, 0.29) is 11.8 Å². The number of aryl methyl sites for hydroxylation is 2. The van der Waals surface area contributed by atoms with Crippen molar-refractivity contribution in [2.75, 3.05) is 14.2 Å². The molecular formula is C25H27NO3. The summed E-state index contributed by atoms with van der Waals surface area (Å²) in [4.78, 5) is 14.8. The third kappa shape index (κ3) is 2.54. The van der Waals surface area contributed by atoms with Crippen LogP contribution in [0.5, 0.6) is 11.5 Å². The van der Waals surface area contributed by atoms with Crippen molar-refractivity contribution >= 4 is 27.5 Å². The first-order valence-electron chi connectivity index (χ1n) is 10.3. The topological polar surface area (TPSA) is 38.8 Å². The molecule has 1 saturated heterocycles. The lowest BCUT2D eigenvalue weighted by Crippen LogP contribution is -2.38. The van der Waals surface area contributed by atoms with E-state index in [1.165, 1.54) is 32.7 Å². The first-order valence-corrected chi connectivity index (χ1v) is 10.3. The van der Waals surface area contributed by atoms with Crippen molar-refractivity contribution in [2.45, 2.75) is 46.2 Å². The molecule has 0 spiro atoms. The number of fused-ring (bicyclic) bond motifs is 7. The molecule has 0 bridgehead atoms. The predicted molar refractivity (Wildman–Crippen MR) is 116 cm³/mol. The van der Waals surface area contributed by atoms with Gasteiger partial charge in [-0.1, -0.05) is 6.92 Å². The summed E-state index contributed by atoms with van der Waals surface area (Å²) in [5.74, 6) is 2.21. The van der Waals surface area contributed by atoms with Gasteiger partial charge in [-0.2, -0.15) is 0 Å². The minimum absolute atomic E-state index is 0.111. The molecule has 0 radical (unpaired) electrons. The fourth-order valence-electron chi connectivity index (χ4n) is 5.41. The lowest BCUT2D eigenvalue weighted by Gasteiger charge is -2.34. The molecular weight excluding hydrogens is 362 g/mol. The Labute approximate surface area is 171 Å². The number of ether oxygens (including phenoxy) is 2. The minimum Gasteiger partial charge on any atom is -0.496 e. The summed E-state index contributed by atoms with van der Waals surface area (Å²) in [5, 5.41) is 4.94. The van der Waals surface area contributed by atoms with Gasteiger partial charge in [0, 0.05) is 18.5 Å². The Balaban J connectivity index is 1.88. The maximum Gasteiger partial charge on any atom is 0.226 e. The molecule has 3 aromatic carbocycles. The van der Waals surface area contributed by atoms with Crippen LogP contribution in [-0.4, -0.2) is 31.1 Å². The third-order valence-electron chi connectivity index (χ3n) is 6.91. The quantitative estimate of drug-likeness (QED) is 0.584. The SMILES string of the molecule is COc1cc2c3c(c4cc(OC)c(C)cc4c2cc1C)CN1C(=O)C(C)CC1C3. The standard InChI is InChI=1S/C25H27NO3/c1-13-7-17-18-8-14(2)24(29-5)11-21(18)22-12-26-16(6-15(3)25(26)27)9-19(22)20(17)10-23(13)28-4/h7-8,10-11,15-16H,6,9,12H2,1-5H3. The Morgan fingerprint density at radius 2 is 1.41 bits per heavy atom. The molecule has 2 heterocycles. The fraction of sp³-hybridized carbons (Fsp3) is 0.400. The number of amides is 1. The molecule has 4 heteroatoms. The van der Waals surface area contributed by atoms with Crippen molar-refractivity contribution in [3.05, 3.63) is 46.5 Å². The Bertz CT molecular complexity index is 1180. The predicted octanol–water partition coefficient (Wildman–Crippen LogP) is 4.92. The third-order valence-corrected chi connectivity index (χ3v) is 6.91. The van der Waals surface area contributed by atoms with E-state index in [4.69, 9.17) is 9.47 Å². The van der Waals surface area contributed by atoms with Crippen LogP contribution in [0.15, 0.2) is 24.3 Å². The van der Waals surface area contributed by atoms with Crippen LogP contribution in [0.3, 0.4) is 0 Å². The number of hydrogen-bond acceptors (Lipinski definition) is 3. The summed E-state index contributed by atoms with van der Waals surface area (Å²) in [7, 11) is 3.45. The zero-order valence-corrected chi connectivity index (χ0v) is 17.8. The molecule has 0 saturated carbocycles. The van der Waals surface area contributed by atoms with E-state index in [1.807, 2.05) is 0 Å². The van der Waals surface area contributed by atoms with Crippen molar-refractivity contribution in [2.24, 2.45) is 5.92 Å². The Morgan fingerprint density at radius 1 is 0.862 bits per heavy atom. The Hall–Kier alpha value is -2.75. The molecule has 2 aliphatic heterocycles. The lowest BCUT2D eigenvalue weighted by molar-refractivity contribution is -0.132. The number of hydrogen-bond donors (Lipinski definition) is 0. The largest absolute Gasteiger partial charge is 0.496 e. The first-order chi connectivity index (χ1) is 13.9. The monoisotopic (exact) mass is 389 g/mol. The number of rotatable bonds is 2. The van der Waals surface area contributed by atoms with Gasteiger partial charge < -0.3 is 14.4 Å². The minimum atomic E-state index is 0.111. The van der Waals surface area contributed by atoms with E-state index >= 15 is 0 Å². The molecule has 4 nitrogen and oxygen atoms in total. The van der Waals surface area contributed by atoms with Gasteiger partial charge in [-0.25, -0.2) is 0 Å². The van der Waals surface area contributed by atoms with E-state index < -0.39 is 0 Å². The van der Waals surface area contributed by atoms with E-state index in [9.17, 15) is 4.79 Å². The van der Waals surface area contributed by atoms with Gasteiger partial charge in [0.05, 0.1) is 14.2 Å². The highest BCUT2D eigenvalue weighted by atomic mass is 16.5. The summed E-state index contributed by atoms with van der Waals surface area (Å²) in [6.07, 6.45) is 1.85. The van der Waals surface area contributed by atoms with Crippen LogP contribution < -0.4 is 9.47 Å². The zero-order chi connectivity index (χ0) is 20.4. The number of methoxy groups -OCH3 is 2. The van der Waals surface area contributed by atoms with E-state index in [0.29, 0.717) is 12.6 Å². The van der Waals surface area contributed by atoms with Crippen molar-refractivity contribution in [1.29, 1.82) is 0 Å². The van der Waals surface area contributed by atoms with Crippen LogP contribution in [-0.2, 0) is 17.8 Å². The number of carbonyl (C=O) groups excluding carboxylic acids is 1. The zero-order valence-electron chi connectivity index (χ0n) is 17.8. The highest BCUT2D eigenvalue weighted by Crippen LogP contribution is 2.44. The lowest BCUT2D eigenvalue weighted by atomic mass is 9.84. The Morgan fingerprint density at radius 3 is 1.97 bits per heavy atom. The maximum absolute atomic E-state index is 12.8. The summed E-state index contributed by atoms with van der Waals surface area (Å²) < 4.78 is 11.3. The van der Waals surface area contributed by atoms with Crippen molar-refractivity contribution in [3.63, 3.8) is 0 Å².